The van der Waals surface area contributed by atoms with Gasteiger partial charge in [0.1, 0.15) is 12.4 Å². The van der Waals surface area contributed by atoms with E-state index in [1.54, 1.807) is 11.3 Å². The summed E-state index contributed by atoms with van der Waals surface area (Å²) in [5.74, 6) is 0.869. The van der Waals surface area contributed by atoms with Crippen molar-refractivity contribution in [3.8, 4) is 5.75 Å². The summed E-state index contributed by atoms with van der Waals surface area (Å²) >= 11 is 7.76. The van der Waals surface area contributed by atoms with Gasteiger partial charge in [-0.3, -0.25) is 0 Å². The summed E-state index contributed by atoms with van der Waals surface area (Å²) in [7, 11) is 0. The summed E-state index contributed by atoms with van der Waals surface area (Å²) in [5.41, 5.74) is 2.07. The predicted molar refractivity (Wildman–Crippen MR) is 89.3 cm³/mol. The van der Waals surface area contributed by atoms with E-state index >= 15 is 0 Å². The molecule has 1 heterocycles. The Bertz CT molecular complexity index is 571. The zero-order valence-electron chi connectivity index (χ0n) is 12.5. The molecule has 114 valence electrons. The summed E-state index contributed by atoms with van der Waals surface area (Å²) in [6, 6.07) is 5.75. The fourth-order valence-electron chi connectivity index (χ4n) is 1.96. The van der Waals surface area contributed by atoms with Gasteiger partial charge in [0.2, 0.25) is 0 Å². The van der Waals surface area contributed by atoms with Gasteiger partial charge in [0.15, 0.2) is 0 Å². The number of nitrogens with one attached hydrogen (secondary N) is 1. The van der Waals surface area contributed by atoms with E-state index in [2.05, 4.69) is 29.5 Å². The van der Waals surface area contributed by atoms with Crippen LogP contribution in [0.3, 0.4) is 0 Å². The highest BCUT2D eigenvalue weighted by molar-refractivity contribution is 7.09. The molecule has 0 saturated carbocycles. The van der Waals surface area contributed by atoms with Crippen LogP contribution in [0.2, 0.25) is 5.02 Å². The third kappa shape index (κ3) is 4.99. The molecule has 0 bridgehead atoms. The van der Waals surface area contributed by atoms with Crippen molar-refractivity contribution in [1.82, 2.24) is 10.3 Å². The Kier molecular flexibility index (Phi) is 6.49. The molecule has 0 spiro atoms. The second-order valence-electron chi connectivity index (χ2n) is 4.80. The molecule has 0 fully saturated rings. The Hall–Kier alpha value is -1.10. The average Bonchev–Trinajstić information content (AvgIpc) is 2.95. The van der Waals surface area contributed by atoms with Crippen molar-refractivity contribution in [2.45, 2.75) is 39.8 Å². The number of halogens is 1. The number of hydrogen-bond donors (Lipinski definition) is 1. The summed E-state index contributed by atoms with van der Waals surface area (Å²) < 4.78 is 5.91. The summed E-state index contributed by atoms with van der Waals surface area (Å²) in [4.78, 5) is 4.52. The summed E-state index contributed by atoms with van der Waals surface area (Å²) in [5, 5.41) is 7.32. The first-order chi connectivity index (χ1) is 10.2. The lowest BCUT2D eigenvalue weighted by molar-refractivity contribution is 0.298. The third-order valence-electron chi connectivity index (χ3n) is 3.04. The van der Waals surface area contributed by atoms with Gasteiger partial charge >= 0.3 is 0 Å². The number of ether oxygens (including phenoxy) is 1. The van der Waals surface area contributed by atoms with Crippen molar-refractivity contribution in [2.75, 3.05) is 6.54 Å². The number of hydrogen-bond acceptors (Lipinski definition) is 4. The van der Waals surface area contributed by atoms with Crippen LogP contribution in [0.5, 0.6) is 5.75 Å². The Morgan fingerprint density at radius 2 is 2.19 bits per heavy atom. The second-order valence-corrected chi connectivity index (χ2v) is 6.18. The van der Waals surface area contributed by atoms with Crippen LogP contribution in [-0.4, -0.2) is 11.5 Å². The topological polar surface area (TPSA) is 34.1 Å². The van der Waals surface area contributed by atoms with Crippen molar-refractivity contribution in [1.29, 1.82) is 0 Å². The van der Waals surface area contributed by atoms with Gasteiger partial charge in [-0.25, -0.2) is 4.98 Å². The first-order valence-corrected chi connectivity index (χ1v) is 8.54. The molecule has 1 aromatic heterocycles. The molecule has 0 aliphatic rings. The lowest BCUT2D eigenvalue weighted by atomic mass is 10.2. The highest BCUT2D eigenvalue weighted by atomic mass is 35.5. The van der Waals surface area contributed by atoms with Gasteiger partial charge in [-0.2, -0.15) is 0 Å². The minimum absolute atomic E-state index is 0.499. The van der Waals surface area contributed by atoms with Gasteiger partial charge in [-0.05, 0) is 37.6 Å². The van der Waals surface area contributed by atoms with E-state index in [-0.39, 0.29) is 0 Å². The smallest absolute Gasteiger partial charge is 0.131 e. The molecule has 2 aromatic rings. The molecule has 0 unspecified atom stereocenters. The highest BCUT2D eigenvalue weighted by Crippen LogP contribution is 2.24. The SMILES string of the molecule is CCCNCc1cc(Cl)ccc1OCc1csc(CC)n1. The molecule has 0 amide bonds. The molecule has 0 aliphatic carbocycles. The Balaban J connectivity index is 2.00. The molecule has 3 nitrogen and oxygen atoms in total. The van der Waals surface area contributed by atoms with Crippen LogP contribution in [0.1, 0.15) is 36.5 Å². The standard InChI is InChI=1S/C16H21ClN2OS/c1-3-7-18-9-12-8-13(17)5-6-15(12)20-10-14-11-21-16(4-2)19-14/h5-6,8,11,18H,3-4,7,9-10H2,1-2H3. The summed E-state index contributed by atoms with van der Waals surface area (Å²) in [6.45, 7) is 6.51. The van der Waals surface area contributed by atoms with Gasteiger partial charge in [0.25, 0.3) is 0 Å². The third-order valence-corrected chi connectivity index (χ3v) is 4.32. The lowest BCUT2D eigenvalue weighted by Crippen LogP contribution is -2.14. The zero-order chi connectivity index (χ0) is 15.1. The van der Waals surface area contributed by atoms with Gasteiger partial charge in [0.05, 0.1) is 10.7 Å². The van der Waals surface area contributed by atoms with Gasteiger partial charge < -0.3 is 10.1 Å². The van der Waals surface area contributed by atoms with E-state index in [4.69, 9.17) is 16.3 Å². The van der Waals surface area contributed by atoms with E-state index in [9.17, 15) is 0 Å². The number of nitrogens with zero attached hydrogens (tertiary/aromatic N) is 1. The Labute approximate surface area is 135 Å². The molecule has 0 aliphatic heterocycles. The fraction of sp³-hybridized carbons (Fsp3) is 0.438. The van der Waals surface area contributed by atoms with Crippen molar-refractivity contribution >= 4 is 22.9 Å². The molecule has 21 heavy (non-hydrogen) atoms. The number of aromatic nitrogens is 1. The number of benzene rings is 1. The first kappa shape index (κ1) is 16.3. The fourth-order valence-corrected chi connectivity index (χ4v) is 2.88. The van der Waals surface area contributed by atoms with E-state index in [0.29, 0.717) is 6.61 Å². The molecule has 2 rings (SSSR count). The van der Waals surface area contributed by atoms with Gasteiger partial charge in [-0.1, -0.05) is 25.4 Å². The molecule has 5 heteroatoms. The van der Waals surface area contributed by atoms with E-state index in [1.165, 1.54) is 0 Å². The Morgan fingerprint density at radius 1 is 1.33 bits per heavy atom. The molecule has 0 radical (unpaired) electrons. The lowest BCUT2D eigenvalue weighted by Gasteiger charge is -2.12. The number of aryl methyl sites for hydroxylation is 1. The quantitative estimate of drug-likeness (QED) is 0.729. The summed E-state index contributed by atoms with van der Waals surface area (Å²) in [6.07, 6.45) is 2.08. The minimum atomic E-state index is 0.499. The monoisotopic (exact) mass is 324 g/mol. The van der Waals surface area contributed by atoms with Crippen LogP contribution in [0.25, 0.3) is 0 Å². The first-order valence-electron chi connectivity index (χ1n) is 7.28. The van der Waals surface area contributed by atoms with E-state index < -0.39 is 0 Å². The largest absolute Gasteiger partial charge is 0.487 e. The normalized spacial score (nSPS) is 10.8. The predicted octanol–water partition coefficient (Wildman–Crippen LogP) is 4.44. The minimum Gasteiger partial charge on any atom is -0.487 e. The molecule has 0 saturated heterocycles. The number of thiazole rings is 1. The van der Waals surface area contributed by atoms with Gasteiger partial charge in [-0.15, -0.1) is 11.3 Å². The van der Waals surface area contributed by atoms with Crippen molar-refractivity contribution in [3.05, 3.63) is 44.9 Å². The van der Waals surface area contributed by atoms with Crippen LogP contribution < -0.4 is 10.1 Å². The maximum absolute atomic E-state index is 6.07. The van der Waals surface area contributed by atoms with Crippen LogP contribution in [0.15, 0.2) is 23.6 Å². The van der Waals surface area contributed by atoms with Gasteiger partial charge in [0, 0.05) is 22.5 Å². The molecule has 0 atom stereocenters. The van der Waals surface area contributed by atoms with Crippen molar-refractivity contribution in [3.63, 3.8) is 0 Å². The molecular weight excluding hydrogens is 304 g/mol. The maximum atomic E-state index is 6.07. The van der Waals surface area contributed by atoms with Crippen LogP contribution in [-0.2, 0) is 19.6 Å². The Morgan fingerprint density at radius 3 is 2.90 bits per heavy atom. The van der Waals surface area contributed by atoms with Crippen molar-refractivity contribution in [2.24, 2.45) is 0 Å². The molecule has 1 N–H and O–H groups in total. The average molecular weight is 325 g/mol. The van der Waals surface area contributed by atoms with E-state index in [0.717, 1.165) is 53.0 Å². The van der Waals surface area contributed by atoms with Crippen LogP contribution in [0, 0.1) is 0 Å². The highest BCUT2D eigenvalue weighted by Gasteiger charge is 2.07. The molecular formula is C16H21ClN2OS. The number of rotatable bonds is 8. The molecule has 1 aromatic carbocycles. The van der Waals surface area contributed by atoms with Crippen LogP contribution in [0.4, 0.5) is 0 Å². The van der Waals surface area contributed by atoms with Crippen LogP contribution >= 0.6 is 22.9 Å². The zero-order valence-corrected chi connectivity index (χ0v) is 14.1. The van der Waals surface area contributed by atoms with Crippen molar-refractivity contribution < 1.29 is 4.74 Å². The van der Waals surface area contributed by atoms with E-state index in [1.807, 2.05) is 18.2 Å². The second kappa shape index (κ2) is 8.37. The maximum Gasteiger partial charge on any atom is 0.131 e.